The highest BCUT2D eigenvalue weighted by Gasteiger charge is 2.34. The van der Waals surface area contributed by atoms with Crippen molar-refractivity contribution in [1.29, 1.82) is 0 Å². The minimum absolute atomic E-state index is 0.0180. The second kappa shape index (κ2) is 5.97. The van der Waals surface area contributed by atoms with Crippen LogP contribution in [0.5, 0.6) is 0 Å². The first kappa shape index (κ1) is 15.8. The molecule has 1 N–H and O–H groups in total. The predicted octanol–water partition coefficient (Wildman–Crippen LogP) is 3.13. The number of amides is 1. The van der Waals surface area contributed by atoms with Crippen molar-refractivity contribution >= 4 is 32.2 Å². The molecule has 2 heterocycles. The molecule has 0 saturated heterocycles. The first-order chi connectivity index (χ1) is 12.1. The Morgan fingerprint density at radius 2 is 1.80 bits per heavy atom. The number of pyridine rings is 1. The maximum atomic E-state index is 12.9. The van der Waals surface area contributed by atoms with E-state index in [1.54, 1.807) is 36.7 Å². The van der Waals surface area contributed by atoms with Crippen LogP contribution in [0.15, 0.2) is 65.8 Å². The Hall–Kier alpha value is -2.73. The lowest BCUT2D eigenvalue weighted by atomic mass is 9.94. The zero-order valence-corrected chi connectivity index (χ0v) is 14.2. The fourth-order valence-corrected chi connectivity index (χ4v) is 4.92. The highest BCUT2D eigenvalue weighted by Crippen LogP contribution is 2.34. The molecule has 0 radical (unpaired) electrons. The van der Waals surface area contributed by atoms with Gasteiger partial charge in [-0.3, -0.25) is 9.78 Å². The second-order valence-electron chi connectivity index (χ2n) is 6.10. The van der Waals surface area contributed by atoms with Gasteiger partial charge in [0, 0.05) is 17.0 Å². The molecule has 0 fully saturated rings. The molecule has 1 aliphatic rings. The third kappa shape index (κ3) is 2.78. The Bertz CT molecular complexity index is 1070. The van der Waals surface area contributed by atoms with Gasteiger partial charge in [-0.2, -0.15) is 0 Å². The van der Waals surface area contributed by atoms with Crippen LogP contribution in [-0.4, -0.2) is 25.1 Å². The summed E-state index contributed by atoms with van der Waals surface area (Å²) < 4.78 is 24.5. The maximum Gasteiger partial charge on any atom is 0.232 e. The van der Waals surface area contributed by atoms with Crippen molar-refractivity contribution < 1.29 is 13.2 Å². The molecule has 1 amide bonds. The van der Waals surface area contributed by atoms with Crippen LogP contribution >= 0.6 is 0 Å². The van der Waals surface area contributed by atoms with Gasteiger partial charge in [0.2, 0.25) is 5.91 Å². The molecule has 6 heteroatoms. The number of nitrogens with one attached hydrogen (secondary N) is 1. The Kier molecular flexibility index (Phi) is 3.77. The summed E-state index contributed by atoms with van der Waals surface area (Å²) >= 11 is 0. The lowest BCUT2D eigenvalue weighted by Crippen LogP contribution is -2.29. The van der Waals surface area contributed by atoms with E-state index in [-0.39, 0.29) is 23.0 Å². The largest absolute Gasteiger partial charge is 0.324 e. The zero-order valence-electron chi connectivity index (χ0n) is 13.3. The molecule has 4 rings (SSSR count). The van der Waals surface area contributed by atoms with Gasteiger partial charge in [0.15, 0.2) is 9.84 Å². The molecule has 1 atom stereocenters. The fraction of sp³-hybridized carbons (Fsp3) is 0.158. The van der Waals surface area contributed by atoms with Crippen molar-refractivity contribution in [3.8, 4) is 0 Å². The Balaban J connectivity index is 1.70. The quantitative estimate of drug-likeness (QED) is 0.769. The van der Waals surface area contributed by atoms with Crippen LogP contribution < -0.4 is 5.32 Å². The third-order valence-electron chi connectivity index (χ3n) is 4.55. The Morgan fingerprint density at radius 3 is 2.68 bits per heavy atom. The molecule has 0 spiro atoms. The summed E-state index contributed by atoms with van der Waals surface area (Å²) in [5.74, 6) is -0.713. The van der Waals surface area contributed by atoms with Crippen molar-refractivity contribution in [2.75, 3.05) is 11.1 Å². The van der Waals surface area contributed by atoms with E-state index in [0.29, 0.717) is 11.3 Å². The molecule has 1 unspecified atom stereocenters. The van der Waals surface area contributed by atoms with Crippen molar-refractivity contribution in [3.05, 3.63) is 66.5 Å². The standard InChI is InChI=1S/C19H16N2O3S/c22-19(21-17-12-20-11-13-5-1-2-6-14(13)17)16-9-10-25(23,24)18-8-4-3-7-15(16)18/h1-8,11-12,16H,9-10H2,(H,21,22). The molecule has 25 heavy (non-hydrogen) atoms. The smallest absolute Gasteiger partial charge is 0.232 e. The minimum atomic E-state index is -3.31. The summed E-state index contributed by atoms with van der Waals surface area (Å²) in [6.45, 7) is 0. The van der Waals surface area contributed by atoms with E-state index in [4.69, 9.17) is 0 Å². The van der Waals surface area contributed by atoms with Crippen molar-refractivity contribution in [3.63, 3.8) is 0 Å². The average Bonchev–Trinajstić information content (AvgIpc) is 2.62. The Labute approximate surface area is 145 Å². The number of nitrogens with zero attached hydrogens (tertiary/aromatic N) is 1. The first-order valence-electron chi connectivity index (χ1n) is 8.01. The number of benzene rings is 2. The van der Waals surface area contributed by atoms with Crippen LogP contribution in [-0.2, 0) is 14.6 Å². The van der Waals surface area contributed by atoms with E-state index in [1.807, 2.05) is 24.3 Å². The number of sulfone groups is 1. The lowest BCUT2D eigenvalue weighted by Gasteiger charge is -2.24. The lowest BCUT2D eigenvalue weighted by molar-refractivity contribution is -0.117. The van der Waals surface area contributed by atoms with Crippen LogP contribution in [0.25, 0.3) is 10.8 Å². The predicted molar refractivity (Wildman–Crippen MR) is 96.2 cm³/mol. The number of hydrogen-bond donors (Lipinski definition) is 1. The SMILES string of the molecule is O=C(Nc1cncc2ccccc12)C1CCS(=O)(=O)c2ccccc21. The van der Waals surface area contributed by atoms with Gasteiger partial charge in [-0.25, -0.2) is 8.42 Å². The van der Waals surface area contributed by atoms with Gasteiger partial charge >= 0.3 is 0 Å². The summed E-state index contributed by atoms with van der Waals surface area (Å²) in [6, 6.07) is 14.4. The monoisotopic (exact) mass is 352 g/mol. The summed E-state index contributed by atoms with van der Waals surface area (Å²) in [6.07, 6.45) is 3.64. The van der Waals surface area contributed by atoms with Crippen LogP contribution in [0.3, 0.4) is 0 Å². The third-order valence-corrected chi connectivity index (χ3v) is 6.36. The molecular formula is C19H16N2O3S. The van der Waals surface area contributed by atoms with Crippen molar-refractivity contribution in [2.24, 2.45) is 0 Å². The van der Waals surface area contributed by atoms with Crippen molar-refractivity contribution in [2.45, 2.75) is 17.2 Å². The molecule has 3 aromatic rings. The molecule has 1 aromatic heterocycles. The molecule has 5 nitrogen and oxygen atoms in total. The van der Waals surface area contributed by atoms with Crippen LogP contribution in [0, 0.1) is 0 Å². The highest BCUT2D eigenvalue weighted by atomic mass is 32.2. The highest BCUT2D eigenvalue weighted by molar-refractivity contribution is 7.91. The number of carbonyl (C=O) groups excluding carboxylic acids is 1. The van der Waals surface area contributed by atoms with E-state index >= 15 is 0 Å². The van der Waals surface area contributed by atoms with Crippen LogP contribution in [0.2, 0.25) is 0 Å². The molecule has 0 aliphatic carbocycles. The van der Waals surface area contributed by atoms with E-state index < -0.39 is 15.8 Å². The first-order valence-corrected chi connectivity index (χ1v) is 9.67. The van der Waals surface area contributed by atoms with Gasteiger partial charge in [0.25, 0.3) is 0 Å². The molecular weight excluding hydrogens is 336 g/mol. The Morgan fingerprint density at radius 1 is 1.04 bits per heavy atom. The molecule has 1 aliphatic heterocycles. The summed E-state index contributed by atoms with van der Waals surface area (Å²) in [5, 5.41) is 4.77. The number of anilines is 1. The normalized spacial score (nSPS) is 18.5. The van der Waals surface area contributed by atoms with Gasteiger partial charge in [0.05, 0.1) is 28.5 Å². The van der Waals surface area contributed by atoms with Crippen LogP contribution in [0.4, 0.5) is 5.69 Å². The summed E-state index contributed by atoms with van der Waals surface area (Å²) in [5.41, 5.74) is 1.20. The van der Waals surface area contributed by atoms with E-state index in [9.17, 15) is 13.2 Å². The number of aromatic nitrogens is 1. The van der Waals surface area contributed by atoms with Gasteiger partial charge < -0.3 is 5.32 Å². The van der Waals surface area contributed by atoms with Gasteiger partial charge in [-0.15, -0.1) is 0 Å². The van der Waals surface area contributed by atoms with Gasteiger partial charge in [-0.1, -0.05) is 42.5 Å². The second-order valence-corrected chi connectivity index (χ2v) is 8.17. The molecule has 2 aromatic carbocycles. The minimum Gasteiger partial charge on any atom is -0.324 e. The number of rotatable bonds is 2. The number of carbonyl (C=O) groups is 1. The zero-order chi connectivity index (χ0) is 17.4. The summed E-state index contributed by atoms with van der Waals surface area (Å²) in [4.78, 5) is 17.3. The van der Waals surface area contributed by atoms with E-state index in [0.717, 1.165) is 10.8 Å². The van der Waals surface area contributed by atoms with Gasteiger partial charge in [-0.05, 0) is 18.1 Å². The average molecular weight is 352 g/mol. The molecule has 126 valence electrons. The van der Waals surface area contributed by atoms with Crippen molar-refractivity contribution in [1.82, 2.24) is 4.98 Å². The number of fused-ring (bicyclic) bond motifs is 2. The van der Waals surface area contributed by atoms with E-state index in [2.05, 4.69) is 10.3 Å². The molecule has 0 saturated carbocycles. The topological polar surface area (TPSA) is 76.1 Å². The van der Waals surface area contributed by atoms with E-state index in [1.165, 1.54) is 0 Å². The maximum absolute atomic E-state index is 12.9. The summed E-state index contributed by atoms with van der Waals surface area (Å²) in [7, 11) is -3.31. The number of hydrogen-bond acceptors (Lipinski definition) is 4. The van der Waals surface area contributed by atoms with Crippen LogP contribution in [0.1, 0.15) is 17.9 Å². The van der Waals surface area contributed by atoms with Gasteiger partial charge in [0.1, 0.15) is 0 Å². The molecule has 0 bridgehead atoms. The fourth-order valence-electron chi connectivity index (χ4n) is 3.30.